The second-order valence-corrected chi connectivity index (χ2v) is 7.20. The van der Waals surface area contributed by atoms with E-state index in [1.807, 2.05) is 32.0 Å². The minimum atomic E-state index is -0.488. The van der Waals surface area contributed by atoms with Crippen LogP contribution in [-0.2, 0) is 4.79 Å². The van der Waals surface area contributed by atoms with Gasteiger partial charge in [0.1, 0.15) is 0 Å². The first-order valence-electron chi connectivity index (χ1n) is 8.50. The molecule has 0 bridgehead atoms. The summed E-state index contributed by atoms with van der Waals surface area (Å²) in [6.45, 7) is 3.93. The lowest BCUT2D eigenvalue weighted by molar-refractivity contribution is -0.385. The maximum absolute atomic E-state index is 12.1. The van der Waals surface area contributed by atoms with E-state index in [2.05, 4.69) is 21.6 Å². The van der Waals surface area contributed by atoms with Crippen LogP contribution in [0.5, 0.6) is 0 Å². The Hall–Kier alpha value is -3.26. The number of nitrogens with zero attached hydrogens (tertiary/aromatic N) is 3. The zero-order chi connectivity index (χ0) is 20.1. The number of para-hydroxylation sites is 1. The van der Waals surface area contributed by atoms with E-state index < -0.39 is 4.92 Å². The third-order valence-corrected chi connectivity index (χ3v) is 4.99. The van der Waals surface area contributed by atoms with E-state index in [0.29, 0.717) is 5.56 Å². The third-order valence-electron chi connectivity index (χ3n) is 3.94. The minimum Gasteiger partial charge on any atom is -0.272 e. The Kier molecular flexibility index (Phi) is 6.00. The second-order valence-electron chi connectivity index (χ2n) is 6.18. The number of aryl methyl sites for hydroxylation is 2. The predicted octanol–water partition coefficient (Wildman–Crippen LogP) is 4.00. The van der Waals surface area contributed by atoms with Gasteiger partial charge >= 0.3 is 0 Å². The molecule has 0 unspecified atom stereocenters. The molecule has 0 aliphatic heterocycles. The van der Waals surface area contributed by atoms with E-state index in [0.717, 1.165) is 27.1 Å². The predicted molar refractivity (Wildman–Crippen MR) is 111 cm³/mol. The number of nitro groups is 1. The number of carbonyl (C=O) groups is 1. The molecule has 2 aromatic carbocycles. The van der Waals surface area contributed by atoms with Crippen molar-refractivity contribution in [2.45, 2.75) is 18.7 Å². The second kappa shape index (κ2) is 8.62. The highest BCUT2D eigenvalue weighted by Crippen LogP contribution is 2.28. The van der Waals surface area contributed by atoms with Crippen LogP contribution in [0.2, 0.25) is 0 Å². The Labute approximate surface area is 166 Å². The van der Waals surface area contributed by atoms with E-state index in [9.17, 15) is 14.9 Å². The van der Waals surface area contributed by atoms with Crippen molar-refractivity contribution < 1.29 is 9.72 Å². The average molecular weight is 394 g/mol. The Morgan fingerprint density at radius 1 is 1.25 bits per heavy atom. The number of nitro benzene ring substituents is 1. The molecule has 0 saturated heterocycles. The SMILES string of the molecule is Cc1ccc2nc(C)cc(SCC(=O)NN=Cc3ccccc3[N+](=O)[O-])c2c1. The molecular weight excluding hydrogens is 376 g/mol. The number of hydrogen-bond acceptors (Lipinski definition) is 6. The molecule has 1 heterocycles. The maximum Gasteiger partial charge on any atom is 0.278 e. The van der Waals surface area contributed by atoms with E-state index in [4.69, 9.17) is 0 Å². The van der Waals surface area contributed by atoms with Crippen molar-refractivity contribution in [3.05, 3.63) is 75.5 Å². The van der Waals surface area contributed by atoms with Crippen molar-refractivity contribution in [3.63, 3.8) is 0 Å². The largest absolute Gasteiger partial charge is 0.278 e. The summed E-state index contributed by atoms with van der Waals surface area (Å²) in [4.78, 5) is 28.1. The molecule has 7 nitrogen and oxygen atoms in total. The molecule has 28 heavy (non-hydrogen) atoms. The van der Waals surface area contributed by atoms with Gasteiger partial charge in [-0.05, 0) is 38.1 Å². The minimum absolute atomic E-state index is 0.0658. The molecule has 0 aliphatic rings. The number of pyridine rings is 1. The molecule has 1 amide bonds. The lowest BCUT2D eigenvalue weighted by Crippen LogP contribution is -2.19. The van der Waals surface area contributed by atoms with Gasteiger partial charge < -0.3 is 0 Å². The molecule has 1 aromatic heterocycles. The lowest BCUT2D eigenvalue weighted by Gasteiger charge is -2.08. The lowest BCUT2D eigenvalue weighted by atomic mass is 10.1. The van der Waals surface area contributed by atoms with Gasteiger partial charge in [-0.25, -0.2) is 5.43 Å². The van der Waals surface area contributed by atoms with Crippen LogP contribution in [0.15, 0.2) is 58.5 Å². The topological polar surface area (TPSA) is 97.5 Å². The summed E-state index contributed by atoms with van der Waals surface area (Å²) in [6, 6.07) is 14.2. The van der Waals surface area contributed by atoms with Gasteiger partial charge in [-0.2, -0.15) is 5.10 Å². The van der Waals surface area contributed by atoms with Crippen LogP contribution in [0.25, 0.3) is 10.9 Å². The summed E-state index contributed by atoms with van der Waals surface area (Å²) < 4.78 is 0. The van der Waals surface area contributed by atoms with Gasteiger partial charge in [-0.15, -0.1) is 11.8 Å². The van der Waals surface area contributed by atoms with Gasteiger partial charge in [0.15, 0.2) is 0 Å². The van der Waals surface area contributed by atoms with Gasteiger partial charge in [0.2, 0.25) is 5.91 Å². The van der Waals surface area contributed by atoms with Crippen molar-refractivity contribution in [3.8, 4) is 0 Å². The molecule has 1 N–H and O–H groups in total. The van der Waals surface area contributed by atoms with Crippen molar-refractivity contribution in [1.82, 2.24) is 10.4 Å². The van der Waals surface area contributed by atoms with E-state index in [1.165, 1.54) is 24.0 Å². The monoisotopic (exact) mass is 394 g/mol. The van der Waals surface area contributed by atoms with Gasteiger partial charge in [0.05, 0.1) is 28.0 Å². The number of fused-ring (bicyclic) bond motifs is 1. The molecule has 142 valence electrons. The number of nitrogens with one attached hydrogen (secondary N) is 1. The van der Waals surface area contributed by atoms with Crippen LogP contribution in [0.1, 0.15) is 16.8 Å². The van der Waals surface area contributed by atoms with Crippen LogP contribution in [0.4, 0.5) is 5.69 Å². The van der Waals surface area contributed by atoms with Crippen LogP contribution in [0, 0.1) is 24.0 Å². The smallest absolute Gasteiger partial charge is 0.272 e. The molecule has 3 aromatic rings. The molecule has 8 heteroatoms. The van der Waals surface area contributed by atoms with Crippen LogP contribution in [-0.4, -0.2) is 27.8 Å². The molecule has 0 aliphatic carbocycles. The van der Waals surface area contributed by atoms with Gasteiger partial charge in [0, 0.05) is 22.0 Å². The number of hydrogen-bond donors (Lipinski definition) is 1. The number of carbonyl (C=O) groups excluding carboxylic acids is 1. The Morgan fingerprint density at radius 3 is 2.82 bits per heavy atom. The molecule has 0 atom stereocenters. The Balaban J connectivity index is 1.66. The van der Waals surface area contributed by atoms with Crippen molar-refractivity contribution in [1.29, 1.82) is 0 Å². The van der Waals surface area contributed by atoms with Crippen LogP contribution >= 0.6 is 11.8 Å². The first-order chi connectivity index (χ1) is 13.4. The summed E-state index contributed by atoms with van der Waals surface area (Å²) in [6.07, 6.45) is 1.27. The average Bonchev–Trinajstić information content (AvgIpc) is 2.66. The highest BCUT2D eigenvalue weighted by molar-refractivity contribution is 8.00. The standard InChI is InChI=1S/C20H18N4O3S/c1-13-7-8-17-16(9-13)19(10-14(2)22-17)28-12-20(25)23-21-11-15-5-3-4-6-18(15)24(26)27/h3-11H,12H2,1-2H3,(H,23,25). The molecule has 0 saturated carbocycles. The summed E-state index contributed by atoms with van der Waals surface area (Å²) in [5.74, 6) is -0.129. The fourth-order valence-electron chi connectivity index (χ4n) is 2.67. The highest BCUT2D eigenvalue weighted by atomic mass is 32.2. The van der Waals surface area contributed by atoms with Crippen molar-refractivity contribution in [2.75, 3.05) is 5.75 Å². The fraction of sp³-hybridized carbons (Fsp3) is 0.150. The Bertz CT molecular complexity index is 1080. The summed E-state index contributed by atoms with van der Waals surface area (Å²) in [5.41, 5.74) is 5.57. The number of hydrazone groups is 1. The maximum atomic E-state index is 12.1. The molecule has 0 spiro atoms. The molecule has 0 radical (unpaired) electrons. The zero-order valence-corrected chi connectivity index (χ0v) is 16.2. The van der Waals surface area contributed by atoms with Gasteiger partial charge in [-0.1, -0.05) is 23.8 Å². The van der Waals surface area contributed by atoms with Crippen molar-refractivity contribution in [2.24, 2.45) is 5.10 Å². The number of rotatable bonds is 6. The summed E-state index contributed by atoms with van der Waals surface area (Å²) >= 11 is 1.40. The number of amides is 1. The molecule has 3 rings (SSSR count). The fourth-order valence-corrected chi connectivity index (χ4v) is 3.59. The van der Waals surface area contributed by atoms with Crippen molar-refractivity contribution >= 4 is 40.5 Å². The van der Waals surface area contributed by atoms with Gasteiger partial charge in [-0.3, -0.25) is 19.9 Å². The highest BCUT2D eigenvalue weighted by Gasteiger charge is 2.11. The number of aromatic nitrogens is 1. The van der Waals surface area contributed by atoms with Crippen LogP contribution < -0.4 is 5.43 Å². The van der Waals surface area contributed by atoms with Gasteiger partial charge in [0.25, 0.3) is 5.69 Å². The first kappa shape index (κ1) is 19.5. The number of thioether (sulfide) groups is 1. The van der Waals surface area contributed by atoms with Crippen LogP contribution in [0.3, 0.4) is 0 Å². The quantitative estimate of drug-likeness (QED) is 0.295. The first-order valence-corrected chi connectivity index (χ1v) is 9.49. The van der Waals surface area contributed by atoms with E-state index >= 15 is 0 Å². The van der Waals surface area contributed by atoms with E-state index in [1.54, 1.807) is 18.2 Å². The van der Waals surface area contributed by atoms with E-state index in [-0.39, 0.29) is 17.3 Å². The molecular formula is C20H18N4O3S. The zero-order valence-electron chi connectivity index (χ0n) is 15.4. The summed E-state index contributed by atoms with van der Waals surface area (Å²) in [7, 11) is 0. The Morgan fingerprint density at radius 2 is 2.04 bits per heavy atom. The summed E-state index contributed by atoms with van der Waals surface area (Å²) in [5, 5.41) is 15.8. The molecule has 0 fully saturated rings. The normalized spacial score (nSPS) is 11.1. The number of benzene rings is 2. The third kappa shape index (κ3) is 4.72.